The van der Waals surface area contributed by atoms with E-state index < -0.39 is 12.0 Å². The van der Waals surface area contributed by atoms with Crippen LogP contribution < -0.4 is 19.8 Å². The van der Waals surface area contributed by atoms with Crippen LogP contribution in [0.5, 0.6) is 17.2 Å². The minimum Gasteiger partial charge on any atom is -0.493 e. The van der Waals surface area contributed by atoms with Gasteiger partial charge in [-0.3, -0.25) is 14.4 Å². The van der Waals surface area contributed by atoms with Crippen molar-refractivity contribution in [2.75, 3.05) is 41.5 Å². The van der Waals surface area contributed by atoms with Crippen LogP contribution in [0.1, 0.15) is 36.1 Å². The molecule has 2 saturated heterocycles. The van der Waals surface area contributed by atoms with Crippen molar-refractivity contribution in [3.05, 3.63) is 51.9 Å². The Morgan fingerprint density at radius 2 is 1.71 bits per heavy atom. The molecule has 2 aromatic rings. The van der Waals surface area contributed by atoms with E-state index in [4.69, 9.17) is 14.2 Å². The van der Waals surface area contributed by atoms with Crippen LogP contribution in [-0.4, -0.2) is 67.6 Å². The fourth-order valence-corrected chi connectivity index (χ4v) is 6.18. The number of hydrogen-bond acceptors (Lipinski definition) is 6. The highest BCUT2D eigenvalue weighted by atomic mass is 16.5. The molecule has 0 radical (unpaired) electrons. The molecule has 0 unspecified atom stereocenters. The van der Waals surface area contributed by atoms with Crippen molar-refractivity contribution in [3.8, 4) is 17.2 Å². The lowest BCUT2D eigenvalue weighted by molar-refractivity contribution is -0.139. The van der Waals surface area contributed by atoms with Crippen LogP contribution in [0, 0.1) is 11.8 Å². The van der Waals surface area contributed by atoms with Crippen molar-refractivity contribution in [2.45, 2.75) is 31.3 Å². The highest BCUT2D eigenvalue weighted by Gasteiger charge is 2.47. The number of carbonyl (C=O) groups excluding carboxylic acids is 2. The lowest BCUT2D eigenvalue weighted by Gasteiger charge is -2.44. The highest BCUT2D eigenvalue weighted by molar-refractivity contribution is 5.90. The third-order valence-electron chi connectivity index (χ3n) is 7.75. The monoisotopic (exact) mass is 481 g/mol. The number of ether oxygens (including phenoxy) is 3. The second kappa shape index (κ2) is 8.94. The topological polar surface area (TPSA) is 90.3 Å². The number of amides is 2. The summed E-state index contributed by atoms with van der Waals surface area (Å²) in [6.45, 7) is 1.75. The van der Waals surface area contributed by atoms with E-state index in [1.165, 1.54) is 7.11 Å². The molecule has 4 heterocycles. The number of nitrogens with zero attached hydrogens (tertiary/aromatic N) is 3. The minimum atomic E-state index is -0.545. The number of fused-ring (bicyclic) bond motifs is 4. The lowest BCUT2D eigenvalue weighted by atomic mass is 9.82. The number of aromatic nitrogens is 1. The van der Waals surface area contributed by atoms with Gasteiger partial charge in [0, 0.05) is 56.3 Å². The quantitative estimate of drug-likeness (QED) is 0.649. The van der Waals surface area contributed by atoms with Crippen LogP contribution in [0.4, 0.5) is 0 Å². The van der Waals surface area contributed by atoms with Crippen molar-refractivity contribution in [2.24, 2.45) is 11.8 Å². The first-order valence-corrected chi connectivity index (χ1v) is 11.9. The summed E-state index contributed by atoms with van der Waals surface area (Å²) in [6, 6.07) is 8.50. The van der Waals surface area contributed by atoms with Gasteiger partial charge in [0.05, 0.1) is 33.3 Å². The van der Waals surface area contributed by atoms with Gasteiger partial charge >= 0.3 is 0 Å². The summed E-state index contributed by atoms with van der Waals surface area (Å²) >= 11 is 0. The second-order valence-corrected chi connectivity index (χ2v) is 9.63. The predicted molar refractivity (Wildman–Crippen MR) is 128 cm³/mol. The van der Waals surface area contributed by atoms with Gasteiger partial charge in [0.25, 0.3) is 5.56 Å². The summed E-state index contributed by atoms with van der Waals surface area (Å²) in [7, 11) is 6.35. The third-order valence-corrected chi connectivity index (χ3v) is 7.75. The van der Waals surface area contributed by atoms with Crippen molar-refractivity contribution >= 4 is 11.8 Å². The van der Waals surface area contributed by atoms with E-state index in [0.717, 1.165) is 12.1 Å². The van der Waals surface area contributed by atoms with E-state index in [9.17, 15) is 14.4 Å². The normalized spacial score (nSPS) is 25.3. The molecular formula is C26H31N3O6. The van der Waals surface area contributed by atoms with Gasteiger partial charge in [0.15, 0.2) is 11.5 Å². The average molecular weight is 482 g/mol. The predicted octanol–water partition coefficient (Wildman–Crippen LogP) is 2.04. The van der Waals surface area contributed by atoms with Gasteiger partial charge < -0.3 is 28.6 Å². The second-order valence-electron chi connectivity index (χ2n) is 9.63. The summed E-state index contributed by atoms with van der Waals surface area (Å²) in [6.07, 6.45) is 1.10. The van der Waals surface area contributed by atoms with E-state index in [2.05, 4.69) is 0 Å². The van der Waals surface area contributed by atoms with Crippen LogP contribution >= 0.6 is 0 Å². The zero-order chi connectivity index (χ0) is 24.9. The Morgan fingerprint density at radius 1 is 0.943 bits per heavy atom. The maximum absolute atomic E-state index is 13.9. The average Bonchev–Trinajstić information content (AvgIpc) is 3.16. The molecule has 9 heteroatoms. The number of rotatable bonds is 5. The molecule has 1 aromatic heterocycles. The molecule has 0 spiro atoms. The summed E-state index contributed by atoms with van der Waals surface area (Å²) < 4.78 is 18.5. The minimum absolute atomic E-state index is 0.0144. The molecular weight excluding hydrogens is 450 g/mol. The standard InChI is InChI=1S/C26H31N3O6/c1-27-22(31)11-18(23(27)17-8-9-20(33-2)25(35-4)24(17)34-3)26(32)28-12-15-10-16(14-28)19-6-5-7-21(30)29(19)13-15/h5-9,15-16,18,23H,10-14H2,1-4H3/t15-,16+,18+,23+/m1/s1. The van der Waals surface area contributed by atoms with Crippen LogP contribution in [-0.2, 0) is 16.1 Å². The maximum atomic E-state index is 13.9. The first kappa shape index (κ1) is 23.3. The van der Waals surface area contributed by atoms with Gasteiger partial charge in [-0.1, -0.05) is 6.07 Å². The van der Waals surface area contributed by atoms with E-state index >= 15 is 0 Å². The Hall–Kier alpha value is -3.49. The molecule has 3 aliphatic heterocycles. The number of pyridine rings is 1. The van der Waals surface area contributed by atoms with Gasteiger partial charge in [-0.15, -0.1) is 0 Å². The number of hydrogen-bond donors (Lipinski definition) is 0. The fourth-order valence-electron chi connectivity index (χ4n) is 6.18. The Morgan fingerprint density at radius 3 is 2.43 bits per heavy atom. The Labute approximate surface area is 204 Å². The van der Waals surface area contributed by atoms with Crippen LogP contribution in [0.25, 0.3) is 0 Å². The number of likely N-dealkylation sites (tertiary alicyclic amines) is 2. The molecule has 0 aliphatic carbocycles. The van der Waals surface area contributed by atoms with E-state index in [-0.39, 0.29) is 35.6 Å². The van der Waals surface area contributed by atoms with Crippen molar-refractivity contribution in [1.82, 2.24) is 14.4 Å². The smallest absolute Gasteiger partial charge is 0.250 e. The summed E-state index contributed by atoms with van der Waals surface area (Å²) in [5, 5.41) is 0. The van der Waals surface area contributed by atoms with Gasteiger partial charge in [-0.2, -0.15) is 0 Å². The first-order chi connectivity index (χ1) is 16.9. The Kier molecular flexibility index (Phi) is 5.94. The SMILES string of the molecule is COc1ccc([C@H]2[C@@H](C(=O)N3C[C@H]4C[C@@H](C3)c3cccc(=O)n3C4)CC(=O)N2C)c(OC)c1OC. The molecule has 4 atom stereocenters. The van der Waals surface area contributed by atoms with Gasteiger partial charge in [0.2, 0.25) is 17.6 Å². The third kappa shape index (κ3) is 3.73. The molecule has 186 valence electrons. The Balaban J connectivity index is 1.48. The van der Waals surface area contributed by atoms with Crippen LogP contribution in [0.15, 0.2) is 35.1 Å². The molecule has 2 bridgehead atoms. The van der Waals surface area contributed by atoms with Crippen LogP contribution in [0.2, 0.25) is 0 Å². The number of carbonyl (C=O) groups is 2. The molecule has 0 N–H and O–H groups in total. The van der Waals surface area contributed by atoms with Gasteiger partial charge in [-0.25, -0.2) is 0 Å². The largest absolute Gasteiger partial charge is 0.493 e. The summed E-state index contributed by atoms with van der Waals surface area (Å²) in [5.74, 6) is 1.07. The first-order valence-electron chi connectivity index (χ1n) is 11.9. The Bertz CT molecular complexity index is 1220. The summed E-state index contributed by atoms with van der Waals surface area (Å²) in [4.78, 5) is 42.7. The zero-order valence-electron chi connectivity index (χ0n) is 20.5. The van der Waals surface area contributed by atoms with Crippen molar-refractivity contribution in [1.29, 1.82) is 0 Å². The van der Waals surface area contributed by atoms with Crippen molar-refractivity contribution < 1.29 is 23.8 Å². The van der Waals surface area contributed by atoms with E-state index in [0.29, 0.717) is 42.4 Å². The number of benzene rings is 1. The molecule has 0 saturated carbocycles. The lowest BCUT2D eigenvalue weighted by Crippen LogP contribution is -2.51. The molecule has 2 fully saturated rings. The molecule has 1 aromatic carbocycles. The highest BCUT2D eigenvalue weighted by Crippen LogP contribution is 2.48. The molecule has 2 amide bonds. The summed E-state index contributed by atoms with van der Waals surface area (Å²) in [5.41, 5.74) is 1.72. The molecule has 3 aliphatic rings. The van der Waals surface area contributed by atoms with Gasteiger partial charge in [-0.05, 0) is 30.5 Å². The number of piperidine rings is 1. The number of methoxy groups -OCH3 is 3. The van der Waals surface area contributed by atoms with E-state index in [1.54, 1.807) is 44.4 Å². The van der Waals surface area contributed by atoms with E-state index in [1.807, 2.05) is 21.6 Å². The van der Waals surface area contributed by atoms with Gasteiger partial charge in [0.1, 0.15) is 0 Å². The molecule has 5 rings (SSSR count). The maximum Gasteiger partial charge on any atom is 0.250 e. The molecule has 35 heavy (non-hydrogen) atoms. The fraction of sp³-hybridized carbons (Fsp3) is 0.500. The zero-order valence-corrected chi connectivity index (χ0v) is 20.5. The van der Waals surface area contributed by atoms with Crippen LogP contribution in [0.3, 0.4) is 0 Å². The molecule has 9 nitrogen and oxygen atoms in total. The van der Waals surface area contributed by atoms with Crippen molar-refractivity contribution in [3.63, 3.8) is 0 Å².